The standard InChI is InChI=1S/C18H12.C13H10N2.C13H10O2S.C12H8N2.C9H9F3.CH3.Al.H2N.H2O/c1-2-8-14-13(7-1)15-9-3-4-11-17(15)18-12-6-5-10-16(14)18;1-2-6-11(7-3-1)15-10-14-12-8-4-5-9-13(12)15;14-16(15)12-7-3-1-5-10(12)9-11-6-2-4-8-13(11)16;1-3-9-5-6-10-4-2-8-14-12(10)11(9)13-7-1;1-4-5(2)8(11)9(12)6(3)7(4)10;;;;/h1-12H;1-10H;1-8H,9H2;1-8H;1-3H3;1H3;;2*1H2/q;;;;;;+1;-1;/p+1. The topological polar surface area (TPSA) is 137 Å². The molecule has 79 heavy (non-hydrogen) atoms. The van der Waals surface area contributed by atoms with Crippen LogP contribution in [0.5, 0.6) is 0 Å². The molecule has 8 nitrogen and oxygen atoms in total. The SMILES string of the molecule is Cc1c(C)c(F)c(F)c(C)c1F.O.O=S1(=O)c2ccccc2Cc2ccccc21.[CH3][Al][NH2].c1ccc(-[n+]2c[nH]c3ccccc32)cc1.c1ccc2c(c1)c1ccccc1c1ccccc21.c1cnc2c(c1)ccc1cccnc12. The highest BCUT2D eigenvalue weighted by atomic mass is 32.2. The third-order valence-electron chi connectivity index (χ3n) is 13.5. The molecule has 0 fully saturated rings. The van der Waals surface area contributed by atoms with Gasteiger partial charge in [0.15, 0.2) is 22.7 Å². The van der Waals surface area contributed by atoms with E-state index < -0.39 is 27.3 Å². The number of H-pyrrole nitrogens is 1. The van der Waals surface area contributed by atoms with Crippen LogP contribution < -0.4 is 9.28 Å². The molecule has 5 N–H and O–H groups in total. The number of fused-ring (bicyclic) bond motifs is 12. The first kappa shape index (κ1) is 56.7. The molecule has 13 aromatic rings. The van der Waals surface area contributed by atoms with Crippen LogP contribution in [0.4, 0.5) is 13.2 Å². The van der Waals surface area contributed by atoms with Crippen LogP contribution in [0.15, 0.2) is 241 Å². The summed E-state index contributed by atoms with van der Waals surface area (Å²) in [5, 5.41) is 10.3. The molecule has 0 atom stereocenters. The van der Waals surface area contributed by atoms with E-state index in [0.717, 1.165) is 38.4 Å². The number of hydrogen-bond acceptors (Lipinski definition) is 5. The summed E-state index contributed by atoms with van der Waals surface area (Å²) in [5.41, 5.74) is 7.22. The second-order valence-electron chi connectivity index (χ2n) is 18.4. The molecule has 14 rings (SSSR count). The third-order valence-corrected chi connectivity index (χ3v) is 15.5. The molecular weight excluding hydrogens is 1030 g/mol. The summed E-state index contributed by atoms with van der Waals surface area (Å²) < 4.78 is 70.4. The van der Waals surface area contributed by atoms with E-state index in [1.807, 2.05) is 72.8 Å². The van der Waals surface area contributed by atoms with Gasteiger partial charge in [0.1, 0.15) is 11.5 Å². The van der Waals surface area contributed by atoms with Gasteiger partial charge in [-0.2, -0.15) is 4.57 Å². The molecular formula is C66H57AlF3N5O3S+. The lowest BCUT2D eigenvalue weighted by atomic mass is 9.95. The van der Waals surface area contributed by atoms with Crippen molar-refractivity contribution in [3.05, 3.63) is 276 Å². The smallest absolute Gasteiger partial charge is 0.313 e. The number of hydrogen-bond donors (Lipinski definition) is 2. The van der Waals surface area contributed by atoms with Crippen molar-refractivity contribution in [1.29, 1.82) is 0 Å². The van der Waals surface area contributed by atoms with E-state index in [9.17, 15) is 21.6 Å². The number of halogens is 3. The number of aromatic nitrogens is 4. The predicted octanol–water partition coefficient (Wildman–Crippen LogP) is 14.6. The number of nitrogens with zero attached hydrogens (tertiary/aromatic N) is 3. The van der Waals surface area contributed by atoms with E-state index in [4.69, 9.17) is 4.72 Å². The van der Waals surface area contributed by atoms with Gasteiger partial charge in [0.05, 0.1) is 20.8 Å². The van der Waals surface area contributed by atoms with Crippen molar-refractivity contribution in [1.82, 2.24) is 15.0 Å². The van der Waals surface area contributed by atoms with E-state index in [2.05, 4.69) is 147 Å². The molecule has 1 radical (unpaired) electrons. The summed E-state index contributed by atoms with van der Waals surface area (Å²) in [4.78, 5) is 12.8. The van der Waals surface area contributed by atoms with Crippen molar-refractivity contribution >= 4 is 90.4 Å². The van der Waals surface area contributed by atoms with Crippen molar-refractivity contribution in [2.45, 2.75) is 42.8 Å². The van der Waals surface area contributed by atoms with Gasteiger partial charge >= 0.3 is 15.4 Å². The van der Waals surface area contributed by atoms with Crippen molar-refractivity contribution in [2.24, 2.45) is 4.72 Å². The average molecular weight is 1080 g/mol. The van der Waals surface area contributed by atoms with E-state index in [1.165, 1.54) is 64.3 Å². The summed E-state index contributed by atoms with van der Waals surface area (Å²) in [6.45, 7) is 4.01. The first-order valence-corrected chi connectivity index (χ1v) is 28.6. The number of pyridine rings is 2. The van der Waals surface area contributed by atoms with Crippen LogP contribution in [-0.4, -0.2) is 44.3 Å². The van der Waals surface area contributed by atoms with Gasteiger partial charge in [-0.25, -0.2) is 26.6 Å². The fourth-order valence-corrected chi connectivity index (χ4v) is 11.3. The minimum atomic E-state index is -3.30. The van der Waals surface area contributed by atoms with Gasteiger partial charge in [-0.3, -0.25) is 9.97 Å². The Kier molecular flexibility index (Phi) is 18.5. The maximum absolute atomic E-state index is 13.0. The summed E-state index contributed by atoms with van der Waals surface area (Å²) in [5.74, 6) is -0.714. The summed E-state index contributed by atoms with van der Waals surface area (Å²) in [7, 11) is -3.30. The zero-order valence-corrected chi connectivity index (χ0v) is 46.0. The fraction of sp³-hybridized carbons (Fsp3) is 0.0758. The van der Waals surface area contributed by atoms with Gasteiger partial charge in [-0.15, -0.1) is 0 Å². The Morgan fingerprint density at radius 2 is 0.861 bits per heavy atom. The highest BCUT2D eigenvalue weighted by molar-refractivity contribution is 7.91. The van der Waals surface area contributed by atoms with Gasteiger partial charge in [0.2, 0.25) is 16.2 Å². The van der Waals surface area contributed by atoms with Crippen LogP contribution in [-0.2, 0) is 16.3 Å². The highest BCUT2D eigenvalue weighted by Gasteiger charge is 2.28. The van der Waals surface area contributed by atoms with Crippen molar-refractivity contribution in [3.63, 3.8) is 0 Å². The molecule has 393 valence electrons. The van der Waals surface area contributed by atoms with Crippen molar-refractivity contribution in [3.8, 4) is 5.69 Å². The lowest BCUT2D eigenvalue weighted by Crippen LogP contribution is -2.27. The first-order valence-electron chi connectivity index (χ1n) is 25.3. The first-order chi connectivity index (χ1) is 37.9. The fourth-order valence-electron chi connectivity index (χ4n) is 9.53. The minimum Gasteiger partial charge on any atom is -0.420 e. The number of para-hydroxylation sites is 3. The minimum absolute atomic E-state index is 0. The van der Waals surface area contributed by atoms with Crippen LogP contribution in [0.2, 0.25) is 5.79 Å². The van der Waals surface area contributed by atoms with Gasteiger partial charge in [0, 0.05) is 35.2 Å². The summed E-state index contributed by atoms with van der Waals surface area (Å²) in [6, 6.07) is 71.1. The van der Waals surface area contributed by atoms with Gasteiger partial charge in [0.25, 0.3) is 0 Å². The molecule has 0 spiro atoms. The average Bonchev–Trinajstić information content (AvgIpc) is 4.14. The molecule has 0 unspecified atom stereocenters. The lowest BCUT2D eigenvalue weighted by molar-refractivity contribution is -0.567. The highest BCUT2D eigenvalue weighted by Crippen LogP contribution is 2.35. The third kappa shape index (κ3) is 12.1. The molecule has 1 aliphatic heterocycles. The van der Waals surface area contributed by atoms with Crippen LogP contribution in [0.25, 0.3) is 70.8 Å². The van der Waals surface area contributed by atoms with Gasteiger partial charge < -0.3 is 10.2 Å². The number of aromatic amines is 1. The lowest BCUT2D eigenvalue weighted by Gasteiger charge is -2.19. The Morgan fingerprint density at radius 1 is 0.481 bits per heavy atom. The predicted molar refractivity (Wildman–Crippen MR) is 317 cm³/mol. The number of sulfone groups is 1. The van der Waals surface area contributed by atoms with Crippen LogP contribution in [0.1, 0.15) is 27.8 Å². The maximum Gasteiger partial charge on any atom is 0.313 e. The second-order valence-corrected chi connectivity index (χ2v) is 20.9. The van der Waals surface area contributed by atoms with E-state index in [1.54, 1.807) is 36.7 Å². The number of imidazole rings is 1. The van der Waals surface area contributed by atoms with Crippen molar-refractivity contribution in [2.75, 3.05) is 0 Å². The maximum atomic E-state index is 13.0. The van der Waals surface area contributed by atoms with Crippen LogP contribution in [0, 0.1) is 38.2 Å². The molecule has 0 saturated carbocycles. The van der Waals surface area contributed by atoms with Crippen molar-refractivity contribution < 1.29 is 31.6 Å². The Balaban J connectivity index is 0.000000129. The molecule has 10 aromatic carbocycles. The Hall–Kier alpha value is -8.54. The quantitative estimate of drug-likeness (QED) is 0.0730. The molecule has 1 aliphatic rings. The number of rotatable bonds is 1. The zero-order valence-electron chi connectivity index (χ0n) is 44.0. The Bertz CT molecular complexity index is 3940. The largest absolute Gasteiger partial charge is 0.420 e. The van der Waals surface area contributed by atoms with E-state index in [-0.39, 0.29) is 37.6 Å². The molecule has 3 aromatic heterocycles. The summed E-state index contributed by atoms with van der Waals surface area (Å²) in [6.07, 6.45) is 6.29. The monoisotopic (exact) mass is 1080 g/mol. The Labute approximate surface area is 463 Å². The van der Waals surface area contributed by atoms with Gasteiger partial charge in [-0.05, 0) is 124 Å². The molecule has 0 amide bonds. The number of benzene rings is 10. The molecule has 0 aliphatic carbocycles. The Morgan fingerprint density at radius 3 is 1.33 bits per heavy atom. The van der Waals surface area contributed by atoms with E-state index >= 15 is 0 Å². The van der Waals surface area contributed by atoms with Crippen LogP contribution >= 0.6 is 0 Å². The molecule has 0 saturated heterocycles. The zero-order chi connectivity index (χ0) is 54.8. The molecule has 4 heterocycles. The summed E-state index contributed by atoms with van der Waals surface area (Å²) >= 11 is 0.250. The normalized spacial score (nSPS) is 11.6. The molecule has 0 bridgehead atoms. The van der Waals surface area contributed by atoms with E-state index in [0.29, 0.717) is 16.2 Å². The van der Waals surface area contributed by atoms with Gasteiger partial charge in [-0.1, -0.05) is 170 Å². The second kappa shape index (κ2) is 25.7. The number of nitrogens with two attached hydrogens (primary N) is 1. The number of nitrogens with one attached hydrogen (secondary N) is 1. The van der Waals surface area contributed by atoms with Crippen LogP contribution in [0.3, 0.4) is 0 Å². The molecule has 13 heteroatoms.